The predicted octanol–water partition coefficient (Wildman–Crippen LogP) is 2.25. The maximum absolute atomic E-state index is 12.4. The molecule has 0 bridgehead atoms. The van der Waals surface area contributed by atoms with Crippen molar-refractivity contribution in [3.8, 4) is 0 Å². The molecule has 0 aliphatic rings. The molecule has 0 fully saturated rings. The van der Waals surface area contributed by atoms with Gasteiger partial charge in [-0.25, -0.2) is 4.79 Å². The van der Waals surface area contributed by atoms with Crippen molar-refractivity contribution >= 4 is 22.7 Å². The molecule has 6 heteroatoms. The van der Waals surface area contributed by atoms with Crippen LogP contribution in [0.1, 0.15) is 26.4 Å². The Balaban J connectivity index is 1.76. The zero-order valence-electron chi connectivity index (χ0n) is 12.3. The average Bonchev–Trinajstić information content (AvgIpc) is 3.07. The Morgan fingerprint density at radius 1 is 1.32 bits per heavy atom. The summed E-state index contributed by atoms with van der Waals surface area (Å²) >= 11 is 0. The topological polar surface area (TPSA) is 77.0 Å². The fourth-order valence-corrected chi connectivity index (χ4v) is 2.45. The van der Waals surface area contributed by atoms with Crippen LogP contribution < -0.4 is 0 Å². The van der Waals surface area contributed by atoms with Gasteiger partial charge in [-0.05, 0) is 13.0 Å². The molecule has 0 atom stereocenters. The van der Waals surface area contributed by atoms with E-state index < -0.39 is 5.97 Å². The normalized spacial score (nSPS) is 10.8. The Morgan fingerprint density at radius 2 is 2.09 bits per heavy atom. The second kappa shape index (κ2) is 5.48. The summed E-state index contributed by atoms with van der Waals surface area (Å²) in [5.74, 6) is -0.786. The first-order valence-corrected chi connectivity index (χ1v) is 6.82. The van der Waals surface area contributed by atoms with Crippen LogP contribution in [0.15, 0.2) is 36.7 Å². The van der Waals surface area contributed by atoms with Gasteiger partial charge in [0.15, 0.2) is 6.61 Å². The zero-order chi connectivity index (χ0) is 15.7. The Hall–Kier alpha value is -2.89. The van der Waals surface area contributed by atoms with Crippen molar-refractivity contribution in [2.45, 2.75) is 6.92 Å². The predicted molar refractivity (Wildman–Crippen MR) is 80.9 cm³/mol. The molecular formula is C16H15N3O3. The number of carbonyl (C=O) groups is 2. The van der Waals surface area contributed by atoms with Gasteiger partial charge in [-0.1, -0.05) is 18.2 Å². The quantitative estimate of drug-likeness (QED) is 0.592. The number of benzene rings is 1. The molecule has 3 rings (SSSR count). The SMILES string of the molecule is Cc1[nH]c2ccccc2c1C(=O)COC(=O)c1cnn(C)c1. The molecule has 112 valence electrons. The summed E-state index contributed by atoms with van der Waals surface area (Å²) < 4.78 is 6.58. The summed E-state index contributed by atoms with van der Waals surface area (Å²) in [7, 11) is 1.71. The number of Topliss-reactive ketones (excluding diaryl/α,β-unsaturated/α-hetero) is 1. The van der Waals surface area contributed by atoms with Gasteiger partial charge in [0.2, 0.25) is 5.78 Å². The van der Waals surface area contributed by atoms with Crippen molar-refractivity contribution in [2.24, 2.45) is 7.05 Å². The van der Waals surface area contributed by atoms with Crippen molar-refractivity contribution in [1.29, 1.82) is 0 Å². The van der Waals surface area contributed by atoms with Gasteiger partial charge in [-0.15, -0.1) is 0 Å². The van der Waals surface area contributed by atoms with E-state index in [4.69, 9.17) is 4.74 Å². The van der Waals surface area contributed by atoms with Crippen LogP contribution in [0.2, 0.25) is 0 Å². The third-order valence-electron chi connectivity index (χ3n) is 3.45. The van der Waals surface area contributed by atoms with Crippen LogP contribution in [0.4, 0.5) is 0 Å². The van der Waals surface area contributed by atoms with Crippen molar-refractivity contribution in [1.82, 2.24) is 14.8 Å². The molecule has 1 aromatic carbocycles. The Labute approximate surface area is 126 Å². The number of nitrogens with zero attached hydrogens (tertiary/aromatic N) is 2. The molecule has 6 nitrogen and oxygen atoms in total. The van der Waals surface area contributed by atoms with E-state index in [0.29, 0.717) is 11.1 Å². The van der Waals surface area contributed by atoms with E-state index in [-0.39, 0.29) is 12.4 Å². The lowest BCUT2D eigenvalue weighted by molar-refractivity contribution is 0.0475. The molecular weight excluding hydrogens is 282 g/mol. The van der Waals surface area contributed by atoms with Crippen LogP contribution in [0.5, 0.6) is 0 Å². The summed E-state index contributed by atoms with van der Waals surface area (Å²) in [5, 5.41) is 4.73. The number of rotatable bonds is 4. The molecule has 0 saturated carbocycles. The molecule has 2 heterocycles. The van der Waals surface area contributed by atoms with Crippen molar-refractivity contribution in [3.63, 3.8) is 0 Å². The largest absolute Gasteiger partial charge is 0.454 e. The first kappa shape index (κ1) is 14.1. The Kier molecular flexibility index (Phi) is 3.50. The van der Waals surface area contributed by atoms with E-state index in [9.17, 15) is 9.59 Å². The number of para-hydroxylation sites is 1. The van der Waals surface area contributed by atoms with Gasteiger partial charge >= 0.3 is 5.97 Å². The highest BCUT2D eigenvalue weighted by atomic mass is 16.5. The van der Waals surface area contributed by atoms with E-state index in [0.717, 1.165) is 16.6 Å². The number of esters is 1. The molecule has 0 saturated heterocycles. The number of aromatic nitrogens is 3. The molecule has 0 unspecified atom stereocenters. The van der Waals surface area contributed by atoms with Crippen LogP contribution in [0.25, 0.3) is 10.9 Å². The van der Waals surface area contributed by atoms with Gasteiger partial charge in [0, 0.05) is 35.4 Å². The van der Waals surface area contributed by atoms with Gasteiger partial charge < -0.3 is 9.72 Å². The number of aryl methyl sites for hydroxylation is 2. The maximum atomic E-state index is 12.4. The van der Waals surface area contributed by atoms with Gasteiger partial charge in [-0.2, -0.15) is 5.10 Å². The number of aromatic amines is 1. The molecule has 0 radical (unpaired) electrons. The third-order valence-corrected chi connectivity index (χ3v) is 3.45. The number of fused-ring (bicyclic) bond motifs is 1. The monoisotopic (exact) mass is 297 g/mol. The van der Waals surface area contributed by atoms with Gasteiger partial charge in [0.1, 0.15) is 0 Å². The standard InChI is InChI=1S/C16H15N3O3/c1-10-15(12-5-3-4-6-13(12)18-10)14(20)9-22-16(21)11-7-17-19(2)8-11/h3-8,18H,9H2,1-2H3. The fourth-order valence-electron chi connectivity index (χ4n) is 2.45. The minimum atomic E-state index is -0.557. The second-order valence-electron chi connectivity index (χ2n) is 5.07. The highest BCUT2D eigenvalue weighted by Crippen LogP contribution is 2.22. The van der Waals surface area contributed by atoms with Crippen molar-refractivity contribution in [3.05, 3.63) is 53.5 Å². The molecule has 22 heavy (non-hydrogen) atoms. The smallest absolute Gasteiger partial charge is 0.341 e. The highest BCUT2D eigenvalue weighted by molar-refractivity contribution is 6.10. The van der Waals surface area contributed by atoms with Crippen LogP contribution in [-0.4, -0.2) is 33.1 Å². The van der Waals surface area contributed by atoms with Gasteiger partial charge in [-0.3, -0.25) is 9.48 Å². The van der Waals surface area contributed by atoms with Crippen LogP contribution >= 0.6 is 0 Å². The average molecular weight is 297 g/mol. The lowest BCUT2D eigenvalue weighted by Crippen LogP contribution is -2.14. The molecule has 0 aliphatic heterocycles. The van der Waals surface area contributed by atoms with Crippen LogP contribution in [0.3, 0.4) is 0 Å². The van der Waals surface area contributed by atoms with E-state index in [1.165, 1.54) is 10.9 Å². The van der Waals surface area contributed by atoms with E-state index in [1.54, 1.807) is 13.2 Å². The lowest BCUT2D eigenvalue weighted by atomic mass is 10.1. The van der Waals surface area contributed by atoms with Crippen molar-refractivity contribution in [2.75, 3.05) is 6.61 Å². The number of hydrogen-bond acceptors (Lipinski definition) is 4. The van der Waals surface area contributed by atoms with Crippen molar-refractivity contribution < 1.29 is 14.3 Å². The number of ketones is 1. The lowest BCUT2D eigenvalue weighted by Gasteiger charge is -2.03. The summed E-state index contributed by atoms with van der Waals surface area (Å²) in [6, 6.07) is 7.54. The zero-order valence-corrected chi connectivity index (χ0v) is 12.3. The van der Waals surface area contributed by atoms with Crippen LogP contribution in [-0.2, 0) is 11.8 Å². The summed E-state index contributed by atoms with van der Waals surface area (Å²) in [6.07, 6.45) is 2.95. The number of H-pyrrole nitrogens is 1. The number of carbonyl (C=O) groups excluding carboxylic acids is 2. The van der Waals surface area contributed by atoms with Gasteiger partial charge in [0.25, 0.3) is 0 Å². The molecule has 0 aliphatic carbocycles. The molecule has 2 aromatic heterocycles. The third kappa shape index (κ3) is 2.50. The minimum Gasteiger partial charge on any atom is -0.454 e. The first-order chi connectivity index (χ1) is 10.6. The van der Waals surface area contributed by atoms with E-state index >= 15 is 0 Å². The highest BCUT2D eigenvalue weighted by Gasteiger charge is 2.18. The minimum absolute atomic E-state index is 0.229. The van der Waals surface area contributed by atoms with E-state index in [1.807, 2.05) is 31.2 Å². The maximum Gasteiger partial charge on any atom is 0.341 e. The number of hydrogen-bond donors (Lipinski definition) is 1. The Morgan fingerprint density at radius 3 is 2.82 bits per heavy atom. The fraction of sp³-hybridized carbons (Fsp3) is 0.188. The molecule has 3 aromatic rings. The van der Waals surface area contributed by atoms with Gasteiger partial charge in [0.05, 0.1) is 11.8 Å². The molecule has 0 spiro atoms. The Bertz CT molecular complexity index is 861. The second-order valence-corrected chi connectivity index (χ2v) is 5.07. The number of ether oxygens (including phenoxy) is 1. The molecule has 1 N–H and O–H groups in total. The number of nitrogens with one attached hydrogen (secondary N) is 1. The first-order valence-electron chi connectivity index (χ1n) is 6.82. The summed E-state index contributed by atoms with van der Waals surface area (Å²) in [4.78, 5) is 27.4. The van der Waals surface area contributed by atoms with E-state index in [2.05, 4.69) is 10.1 Å². The summed E-state index contributed by atoms with van der Waals surface area (Å²) in [6.45, 7) is 1.53. The summed E-state index contributed by atoms with van der Waals surface area (Å²) in [5.41, 5.74) is 2.55. The van der Waals surface area contributed by atoms with Crippen LogP contribution in [0, 0.1) is 6.92 Å². The molecule has 0 amide bonds.